The number of aromatic nitrogens is 2. The van der Waals surface area contributed by atoms with Crippen LogP contribution in [0.3, 0.4) is 0 Å². The molecular formula is C25H34N4O3S. The number of amides is 2. The predicted octanol–water partition coefficient (Wildman–Crippen LogP) is 3.41. The Morgan fingerprint density at radius 3 is 2.70 bits per heavy atom. The van der Waals surface area contributed by atoms with Crippen molar-refractivity contribution in [2.24, 2.45) is 29.1 Å². The van der Waals surface area contributed by atoms with Gasteiger partial charge in [-0.05, 0) is 60.3 Å². The van der Waals surface area contributed by atoms with Gasteiger partial charge in [0.25, 0.3) is 5.91 Å². The van der Waals surface area contributed by atoms with Crippen LogP contribution >= 0.6 is 11.3 Å². The Morgan fingerprint density at radius 1 is 1.27 bits per heavy atom. The summed E-state index contributed by atoms with van der Waals surface area (Å²) in [5, 5.41) is 19.7. The summed E-state index contributed by atoms with van der Waals surface area (Å²) in [5.74, 6) is -0.432. The van der Waals surface area contributed by atoms with Crippen molar-refractivity contribution in [2.45, 2.75) is 65.1 Å². The van der Waals surface area contributed by atoms with E-state index in [0.717, 1.165) is 30.6 Å². The number of nitrogens with zero attached hydrogens (tertiary/aromatic N) is 2. The molecule has 2 heterocycles. The summed E-state index contributed by atoms with van der Waals surface area (Å²) >= 11 is 1.62. The van der Waals surface area contributed by atoms with Crippen LogP contribution in [0.25, 0.3) is 0 Å². The Bertz CT molecular complexity index is 954. The molecule has 0 aromatic carbocycles. The lowest BCUT2D eigenvalue weighted by molar-refractivity contribution is -0.142. The number of fused-ring (bicyclic) bond motifs is 1. The third-order valence-corrected chi connectivity index (χ3v) is 8.98. The zero-order valence-corrected chi connectivity index (χ0v) is 20.3. The Balaban J connectivity index is 1.43. The Labute approximate surface area is 199 Å². The van der Waals surface area contributed by atoms with Gasteiger partial charge in [0.05, 0.1) is 18.2 Å². The van der Waals surface area contributed by atoms with Gasteiger partial charge in [-0.1, -0.05) is 26.8 Å². The molecule has 2 aromatic heterocycles. The van der Waals surface area contributed by atoms with Gasteiger partial charge in [0.2, 0.25) is 5.91 Å². The van der Waals surface area contributed by atoms with Gasteiger partial charge in [0.1, 0.15) is 6.33 Å². The van der Waals surface area contributed by atoms with Crippen LogP contribution in [-0.4, -0.2) is 39.0 Å². The number of aliphatic hydroxyl groups is 1. The molecule has 2 saturated carbocycles. The lowest BCUT2D eigenvalue weighted by Crippen LogP contribution is -2.58. The molecule has 0 saturated heterocycles. The summed E-state index contributed by atoms with van der Waals surface area (Å²) in [5.41, 5.74) is 0.454. The van der Waals surface area contributed by atoms with E-state index in [2.05, 4.69) is 34.4 Å². The van der Waals surface area contributed by atoms with E-state index < -0.39 is 6.10 Å². The second-order valence-corrected chi connectivity index (χ2v) is 11.1. The fourth-order valence-corrected chi connectivity index (χ4v) is 6.75. The molecule has 7 nitrogen and oxygen atoms in total. The lowest BCUT2D eigenvalue weighted by Gasteiger charge is -2.56. The van der Waals surface area contributed by atoms with Crippen molar-refractivity contribution in [3.63, 3.8) is 0 Å². The quantitative estimate of drug-likeness (QED) is 0.600. The number of carbonyl (C=O) groups excluding carboxylic acids is 2. The van der Waals surface area contributed by atoms with E-state index in [1.807, 2.05) is 24.4 Å². The van der Waals surface area contributed by atoms with Gasteiger partial charge in [-0.2, -0.15) is 0 Å². The standard InChI is InChI=1S/C25H34N4O3S/c1-15(23(31)28-13-18-5-4-10-33-18)19-6-8-25(3)9-7-20(16(2)21(25)22(19)30)29-24(32)17-11-26-14-27-12-17/h4-5,10-12,14-16,19-22,30H,6-9,13H2,1-3H3,(H,28,31)(H,29,32)/t15-,16+,19-,20-,21+,22-,25-/m0/s1. The first-order chi connectivity index (χ1) is 15.8. The molecule has 3 N–H and O–H groups in total. The molecule has 8 heteroatoms. The van der Waals surface area contributed by atoms with Gasteiger partial charge in [-0.25, -0.2) is 9.97 Å². The lowest BCUT2D eigenvalue weighted by atomic mass is 9.51. The molecule has 0 bridgehead atoms. The number of thiophene rings is 1. The van der Waals surface area contributed by atoms with Crippen molar-refractivity contribution >= 4 is 23.2 Å². The number of nitrogens with one attached hydrogen (secondary N) is 2. The normalized spacial score (nSPS) is 32.4. The fourth-order valence-electron chi connectivity index (χ4n) is 6.11. The second kappa shape index (κ2) is 9.89. The molecule has 4 rings (SSSR count). The first-order valence-corrected chi connectivity index (χ1v) is 12.7. The van der Waals surface area contributed by atoms with Gasteiger partial charge in [-0.3, -0.25) is 9.59 Å². The highest BCUT2D eigenvalue weighted by molar-refractivity contribution is 7.09. The van der Waals surface area contributed by atoms with Gasteiger partial charge >= 0.3 is 0 Å². The van der Waals surface area contributed by atoms with Gasteiger partial charge < -0.3 is 15.7 Å². The Kier molecular flexibility index (Phi) is 7.14. The van der Waals surface area contributed by atoms with Crippen molar-refractivity contribution in [1.82, 2.24) is 20.6 Å². The van der Waals surface area contributed by atoms with Gasteiger partial charge in [0, 0.05) is 29.2 Å². The zero-order valence-electron chi connectivity index (χ0n) is 19.5. The predicted molar refractivity (Wildman–Crippen MR) is 127 cm³/mol. The van der Waals surface area contributed by atoms with Crippen molar-refractivity contribution in [1.29, 1.82) is 0 Å². The van der Waals surface area contributed by atoms with Crippen LogP contribution in [-0.2, 0) is 11.3 Å². The third-order valence-electron chi connectivity index (χ3n) is 8.10. The van der Waals surface area contributed by atoms with Crippen LogP contribution in [0.4, 0.5) is 0 Å². The Hall–Kier alpha value is -2.32. The summed E-state index contributed by atoms with van der Waals surface area (Å²) in [6.07, 6.45) is 7.50. The number of carbonyl (C=O) groups is 2. The van der Waals surface area contributed by atoms with Crippen LogP contribution in [0.1, 0.15) is 61.7 Å². The van der Waals surface area contributed by atoms with Crippen LogP contribution < -0.4 is 10.6 Å². The van der Waals surface area contributed by atoms with Crippen LogP contribution in [0, 0.1) is 29.1 Å². The first kappa shape index (κ1) is 23.8. The Morgan fingerprint density at radius 2 is 2.00 bits per heavy atom. The minimum atomic E-state index is -0.582. The van der Waals surface area contributed by atoms with Crippen molar-refractivity contribution in [3.8, 4) is 0 Å². The molecule has 2 aromatic rings. The molecule has 2 aliphatic carbocycles. The summed E-state index contributed by atoms with van der Waals surface area (Å²) in [6.45, 7) is 6.85. The molecule has 2 fully saturated rings. The van der Waals surface area contributed by atoms with E-state index in [9.17, 15) is 14.7 Å². The third kappa shape index (κ3) is 4.96. The molecule has 33 heavy (non-hydrogen) atoms. The van der Waals surface area contributed by atoms with Crippen molar-refractivity contribution in [2.75, 3.05) is 0 Å². The van der Waals surface area contributed by atoms with E-state index in [1.54, 1.807) is 11.3 Å². The highest BCUT2D eigenvalue weighted by atomic mass is 32.1. The SMILES string of the molecule is C[C@H]1[C@@H]2[C@@H](O)[C@H]([C@H](C)C(=O)NCc3cccs3)CC[C@@]2(C)CC[C@@H]1NC(=O)c1cncnc1. The van der Waals surface area contributed by atoms with Crippen LogP contribution in [0.5, 0.6) is 0 Å². The van der Waals surface area contributed by atoms with Gasteiger partial charge in [-0.15, -0.1) is 11.3 Å². The molecular weight excluding hydrogens is 436 g/mol. The average Bonchev–Trinajstić information content (AvgIpc) is 3.33. The number of aliphatic hydroxyl groups excluding tert-OH is 1. The van der Waals surface area contributed by atoms with E-state index >= 15 is 0 Å². The molecule has 2 aliphatic rings. The van der Waals surface area contributed by atoms with E-state index in [-0.39, 0.29) is 46.9 Å². The minimum Gasteiger partial charge on any atom is -0.392 e. The molecule has 7 atom stereocenters. The molecule has 2 amide bonds. The highest BCUT2D eigenvalue weighted by Gasteiger charge is 2.53. The largest absolute Gasteiger partial charge is 0.392 e. The smallest absolute Gasteiger partial charge is 0.254 e. The average molecular weight is 471 g/mol. The maximum absolute atomic E-state index is 12.9. The topological polar surface area (TPSA) is 104 Å². The van der Waals surface area contributed by atoms with Crippen LogP contribution in [0.15, 0.2) is 36.2 Å². The maximum Gasteiger partial charge on any atom is 0.254 e. The number of hydrogen-bond acceptors (Lipinski definition) is 6. The number of hydrogen-bond donors (Lipinski definition) is 3. The summed E-state index contributed by atoms with van der Waals surface area (Å²) in [6, 6.07) is 3.95. The molecule has 0 unspecified atom stereocenters. The maximum atomic E-state index is 12.9. The molecule has 178 valence electrons. The minimum absolute atomic E-state index is 0.00607. The number of rotatable bonds is 6. The fraction of sp³-hybridized carbons (Fsp3) is 0.600. The zero-order chi connectivity index (χ0) is 23.6. The highest BCUT2D eigenvalue weighted by Crippen LogP contribution is 2.55. The second-order valence-electron chi connectivity index (χ2n) is 10.1. The summed E-state index contributed by atoms with van der Waals surface area (Å²) in [7, 11) is 0. The van der Waals surface area contributed by atoms with Crippen LogP contribution in [0.2, 0.25) is 0 Å². The summed E-state index contributed by atoms with van der Waals surface area (Å²) in [4.78, 5) is 34.6. The monoisotopic (exact) mass is 470 g/mol. The van der Waals surface area contributed by atoms with E-state index in [4.69, 9.17) is 0 Å². The van der Waals surface area contributed by atoms with E-state index in [0.29, 0.717) is 12.1 Å². The molecule has 0 spiro atoms. The van der Waals surface area contributed by atoms with Crippen molar-refractivity contribution < 1.29 is 14.7 Å². The molecule has 0 aliphatic heterocycles. The first-order valence-electron chi connectivity index (χ1n) is 11.8. The van der Waals surface area contributed by atoms with Crippen molar-refractivity contribution in [3.05, 3.63) is 46.7 Å². The summed E-state index contributed by atoms with van der Waals surface area (Å²) < 4.78 is 0. The van der Waals surface area contributed by atoms with E-state index in [1.165, 1.54) is 18.7 Å². The molecule has 0 radical (unpaired) electrons. The van der Waals surface area contributed by atoms with Gasteiger partial charge in [0.15, 0.2) is 0 Å².